The Bertz CT molecular complexity index is 1670. The molecule has 0 amide bonds. The SMILES string of the molecule is C.C.C.C.C.C.C.C.C.C.C.C.C.C.C.C.CC.CC.CC.CC.CC.CC.CC.CC.CC.CC.Cc1ccon1.Cc1cnc[nH]1.Cc1cnc[nH]1.Cc1cnco1.Cc1cncs1.Cc1cnoc1.Cc1cscn1.Cc1ncc[nH]1.Cc1nccs1.Cn1ccnc1. The maximum absolute atomic E-state index is 4.72. The second kappa shape index (κ2) is 168. The van der Waals surface area contributed by atoms with Crippen molar-refractivity contribution in [3.05, 3.63) is 178 Å². The molecular weight excluding hydrogens is 1250 g/mol. The number of imidazole rings is 4. The Morgan fingerprint density at radius 2 is 0.906 bits per heavy atom. The standard InChI is InChI=1S/4C4H6N2.3C4H5NO.3C4H5NS.10C2H6.16CH4/c2*1-4-2-5-3-6-4;1-6-3-2-5-4-6;1-4-5-2-3-6-4;1-4-2-5-3-6-4;1-4-2-5-6-3-4;1-4-2-3-6-5-4;1-4-2-6-3-5-4;1-4-2-5-3-6-4;1-4-5-2-3-6-4;10*1-2;;;;;;;;;;;;;;;;/h2*2-3H,1H3,(H,5,6);2-4H,1H3;2-3H,1H3,(H,5,6);6*2-3H,1H3;10*1-2H3;16*1H4. The van der Waals surface area contributed by atoms with E-state index in [-0.39, 0.29) is 119 Å². The summed E-state index contributed by atoms with van der Waals surface area (Å²) in [6.45, 7) is 57.5. The molecule has 0 aliphatic rings. The Morgan fingerprint density at radius 3 is 1.00 bits per heavy atom. The number of nitrogens with one attached hydrogen (secondary N) is 3. The van der Waals surface area contributed by atoms with Gasteiger partial charge in [-0.05, 0) is 62.3 Å². The highest BCUT2D eigenvalue weighted by atomic mass is 32.1. The summed E-state index contributed by atoms with van der Waals surface area (Å²) in [5.74, 6) is 1.82. The van der Waals surface area contributed by atoms with Crippen molar-refractivity contribution in [3.63, 3.8) is 0 Å². The fourth-order valence-corrected chi connectivity index (χ4v) is 4.37. The molecule has 3 N–H and O–H groups in total. The minimum atomic E-state index is 0. The molecule has 17 nitrogen and oxygen atoms in total. The maximum Gasteiger partial charge on any atom is 0.180 e. The number of aromatic amines is 3. The first-order chi connectivity index (χ1) is 38.9. The molecule has 0 atom stereocenters. The summed E-state index contributed by atoms with van der Waals surface area (Å²) in [5.41, 5.74) is 8.97. The lowest BCUT2D eigenvalue weighted by atomic mass is 10.4. The number of hydrogen-bond acceptors (Lipinski definition) is 16. The molecule has 10 aromatic rings. The molecule has 0 bridgehead atoms. The van der Waals surface area contributed by atoms with Crippen LogP contribution in [0.1, 0.15) is 307 Å². The lowest BCUT2D eigenvalue weighted by Gasteiger charge is -1.76. The van der Waals surface area contributed by atoms with Gasteiger partial charge in [0.05, 0.1) is 53.1 Å². The van der Waals surface area contributed by atoms with Crippen LogP contribution in [0, 0.1) is 62.3 Å². The van der Waals surface area contributed by atoms with Gasteiger partial charge in [-0.2, -0.15) is 0 Å². The Morgan fingerprint density at radius 1 is 0.438 bits per heavy atom. The van der Waals surface area contributed by atoms with Gasteiger partial charge in [-0.1, -0.05) is 268 Å². The molecule has 10 rings (SSSR count). The lowest BCUT2D eigenvalue weighted by molar-refractivity contribution is 0.415. The van der Waals surface area contributed by atoms with Gasteiger partial charge in [-0.15, -0.1) is 34.0 Å². The van der Waals surface area contributed by atoms with E-state index in [1.165, 1.54) is 11.3 Å². The smallest absolute Gasteiger partial charge is 0.180 e. The summed E-state index contributed by atoms with van der Waals surface area (Å²) < 4.78 is 15.5. The number of rotatable bonds is 0. The number of nitrogens with zero attached hydrogens (tertiary/aromatic N) is 11. The van der Waals surface area contributed by atoms with Gasteiger partial charge >= 0.3 is 0 Å². The van der Waals surface area contributed by atoms with Gasteiger partial charge in [0.25, 0.3) is 0 Å². The molecule has 0 saturated carbocycles. The van der Waals surface area contributed by atoms with Crippen LogP contribution in [-0.4, -0.2) is 69.7 Å². The topological polar surface area (TPSA) is 221 Å². The van der Waals surface area contributed by atoms with Gasteiger partial charge in [0.15, 0.2) is 6.39 Å². The van der Waals surface area contributed by atoms with Crippen molar-refractivity contribution in [2.75, 3.05) is 0 Å². The molecule has 0 fully saturated rings. The van der Waals surface area contributed by atoms with Gasteiger partial charge in [0, 0.05) is 101 Å². The van der Waals surface area contributed by atoms with E-state index in [1.807, 2.05) is 247 Å². The molecule has 0 saturated heterocycles. The Labute approximate surface area is 617 Å². The van der Waals surface area contributed by atoms with Crippen molar-refractivity contribution in [2.24, 2.45) is 7.05 Å². The molecule has 10 heterocycles. The van der Waals surface area contributed by atoms with Crippen molar-refractivity contribution in [1.29, 1.82) is 0 Å². The van der Waals surface area contributed by atoms with Gasteiger partial charge in [-0.3, -0.25) is 15.0 Å². The van der Waals surface area contributed by atoms with Crippen LogP contribution >= 0.6 is 34.0 Å². The minimum absolute atomic E-state index is 0. The normalized spacial score (nSPS) is 6.15. The maximum atomic E-state index is 4.72. The summed E-state index contributed by atoms with van der Waals surface area (Å²) in [6, 6.07) is 1.81. The number of oxazole rings is 1. The minimum Gasteiger partial charge on any atom is -0.449 e. The summed E-state index contributed by atoms with van der Waals surface area (Å²) in [5, 5.41) is 12.1. The third kappa shape index (κ3) is 162. The molecule has 588 valence electrons. The van der Waals surface area contributed by atoms with E-state index >= 15 is 0 Å². The van der Waals surface area contributed by atoms with E-state index in [0.717, 1.165) is 44.9 Å². The highest BCUT2D eigenvalue weighted by Crippen LogP contribution is 2.00. The highest BCUT2D eigenvalue weighted by molar-refractivity contribution is 7.09. The van der Waals surface area contributed by atoms with Gasteiger partial charge < -0.3 is 33.0 Å². The molecule has 96 heavy (non-hydrogen) atoms. The predicted octanol–water partition coefficient (Wildman–Crippen LogP) is 30.3. The monoisotopic (exact) mass is 1430 g/mol. The first kappa shape index (κ1) is 174. The Hall–Kier alpha value is -6.64. The van der Waals surface area contributed by atoms with Crippen LogP contribution in [0.2, 0.25) is 0 Å². The molecular formula is C76H178N14O3S3. The van der Waals surface area contributed by atoms with Gasteiger partial charge in [-0.25, -0.2) is 24.9 Å². The zero-order chi connectivity index (χ0) is 64.1. The van der Waals surface area contributed by atoms with Crippen molar-refractivity contribution in [2.45, 2.75) is 320 Å². The number of H-pyrrole nitrogens is 3. The van der Waals surface area contributed by atoms with E-state index in [2.05, 4.69) is 74.2 Å². The first-order valence-electron chi connectivity index (χ1n) is 27.9. The molecule has 20 heteroatoms. The van der Waals surface area contributed by atoms with Crippen molar-refractivity contribution >= 4 is 34.0 Å². The lowest BCUT2D eigenvalue weighted by Crippen LogP contribution is -1.76. The van der Waals surface area contributed by atoms with Gasteiger partial charge in [0.1, 0.15) is 24.1 Å². The second-order valence-electron chi connectivity index (χ2n) is 11.6. The van der Waals surface area contributed by atoms with Gasteiger partial charge in [0.2, 0.25) is 0 Å². The average Bonchev–Trinajstić information content (AvgIpc) is 4.32. The third-order valence-corrected chi connectivity index (χ3v) is 8.00. The van der Waals surface area contributed by atoms with E-state index in [0.29, 0.717) is 0 Å². The van der Waals surface area contributed by atoms with Crippen LogP contribution < -0.4 is 0 Å². The Kier molecular flexibility index (Phi) is 304. The zero-order valence-corrected chi connectivity index (χ0v) is 57.9. The van der Waals surface area contributed by atoms with Crippen molar-refractivity contribution < 1.29 is 13.5 Å². The van der Waals surface area contributed by atoms with Crippen LogP contribution in [0.25, 0.3) is 0 Å². The third-order valence-electron chi connectivity index (χ3n) is 5.89. The quantitative estimate of drug-likeness (QED) is 0.129. The zero-order valence-electron chi connectivity index (χ0n) is 55.5. The molecule has 10 aromatic heterocycles. The van der Waals surface area contributed by atoms with Crippen LogP contribution in [0.5, 0.6) is 0 Å². The first-order valence-corrected chi connectivity index (χ1v) is 30.6. The molecule has 0 spiro atoms. The Balaban J connectivity index is -0.0000000225. The molecule has 0 radical (unpaired) electrons. The second-order valence-corrected chi connectivity index (χ2v) is 14.5. The van der Waals surface area contributed by atoms with Crippen LogP contribution in [-0.2, 0) is 7.05 Å². The largest absolute Gasteiger partial charge is 0.449 e. The molecule has 0 aromatic carbocycles. The average molecular weight is 1430 g/mol. The van der Waals surface area contributed by atoms with Crippen LogP contribution in [0.3, 0.4) is 0 Å². The molecule has 0 aliphatic carbocycles. The number of aryl methyl sites for hydroxylation is 10. The number of aromatic nitrogens is 14. The number of thiazole rings is 3. The summed E-state index contributed by atoms with van der Waals surface area (Å²) >= 11 is 4.96. The van der Waals surface area contributed by atoms with Crippen molar-refractivity contribution in [1.82, 2.24) is 69.7 Å². The number of hydrogen-bond donors (Lipinski definition) is 3. The van der Waals surface area contributed by atoms with E-state index in [1.54, 1.807) is 121 Å². The van der Waals surface area contributed by atoms with E-state index < -0.39 is 0 Å². The van der Waals surface area contributed by atoms with Crippen molar-refractivity contribution in [3.8, 4) is 0 Å². The predicted molar refractivity (Wildman–Crippen MR) is 459 cm³/mol. The van der Waals surface area contributed by atoms with E-state index in [9.17, 15) is 0 Å². The summed E-state index contributed by atoms with van der Waals surface area (Å²) in [4.78, 5) is 40.5. The summed E-state index contributed by atoms with van der Waals surface area (Å²) in [6.07, 6.45) is 27.4. The fraction of sp³-hybridized carbons (Fsp3) is 0.605. The highest BCUT2D eigenvalue weighted by Gasteiger charge is 1.81. The van der Waals surface area contributed by atoms with Crippen LogP contribution in [0.15, 0.2) is 141 Å². The fourth-order valence-electron chi connectivity index (χ4n) is 2.98. The summed E-state index contributed by atoms with van der Waals surface area (Å²) in [7, 11) is 1.94. The van der Waals surface area contributed by atoms with Crippen LogP contribution in [0.4, 0.5) is 0 Å². The van der Waals surface area contributed by atoms with E-state index in [4.69, 9.17) is 4.42 Å². The molecule has 0 unspecified atom stereocenters. The molecule has 0 aliphatic heterocycles.